The Hall–Kier alpha value is -1.30. The number of carbonyl (C=O) groups excluding carboxylic acids is 1. The molecule has 0 spiro atoms. The quantitative estimate of drug-likeness (QED) is 0.817. The molecular formula is C11H17N3O2S. The molecule has 1 atom stereocenters. The molecule has 2 heterocycles. The second kappa shape index (κ2) is 4.91. The van der Waals surface area contributed by atoms with E-state index in [1.165, 1.54) is 25.1 Å². The number of hydrogen-bond donors (Lipinski definition) is 1. The van der Waals surface area contributed by atoms with Gasteiger partial charge in [0, 0.05) is 12.6 Å². The lowest BCUT2D eigenvalue weighted by molar-refractivity contribution is 0.0603. The zero-order valence-electron chi connectivity index (χ0n) is 10.1. The molecule has 0 amide bonds. The molecular weight excluding hydrogens is 238 g/mol. The normalized spacial score (nSPS) is 20.4. The minimum absolute atomic E-state index is 0.273. The SMILES string of the molecule is COC(=O)c1c(N)nsc1N1CCCCC1C. The first-order valence-electron chi connectivity index (χ1n) is 5.75. The third-order valence-electron chi connectivity index (χ3n) is 3.15. The van der Waals surface area contributed by atoms with Crippen LogP contribution in [0.25, 0.3) is 0 Å². The summed E-state index contributed by atoms with van der Waals surface area (Å²) >= 11 is 1.28. The van der Waals surface area contributed by atoms with Gasteiger partial charge in [0.05, 0.1) is 7.11 Å². The van der Waals surface area contributed by atoms with Crippen LogP contribution in [0.2, 0.25) is 0 Å². The predicted molar refractivity (Wildman–Crippen MR) is 68.5 cm³/mol. The molecule has 0 aromatic carbocycles. The molecule has 0 radical (unpaired) electrons. The van der Waals surface area contributed by atoms with Crippen molar-refractivity contribution in [2.75, 3.05) is 24.3 Å². The van der Waals surface area contributed by atoms with Crippen LogP contribution >= 0.6 is 11.5 Å². The number of methoxy groups -OCH3 is 1. The van der Waals surface area contributed by atoms with E-state index in [0.717, 1.165) is 24.4 Å². The summed E-state index contributed by atoms with van der Waals surface area (Å²) in [5.74, 6) is -0.126. The van der Waals surface area contributed by atoms with Gasteiger partial charge in [0.25, 0.3) is 0 Å². The van der Waals surface area contributed by atoms with Gasteiger partial charge in [-0.25, -0.2) is 4.79 Å². The highest BCUT2D eigenvalue weighted by Crippen LogP contribution is 2.35. The van der Waals surface area contributed by atoms with Crippen molar-refractivity contribution in [2.24, 2.45) is 0 Å². The van der Waals surface area contributed by atoms with Gasteiger partial charge in [-0.1, -0.05) is 0 Å². The number of ether oxygens (including phenoxy) is 1. The van der Waals surface area contributed by atoms with Crippen molar-refractivity contribution in [3.63, 3.8) is 0 Å². The van der Waals surface area contributed by atoms with E-state index in [2.05, 4.69) is 16.2 Å². The monoisotopic (exact) mass is 255 g/mol. The summed E-state index contributed by atoms with van der Waals surface area (Å²) in [7, 11) is 1.36. The van der Waals surface area contributed by atoms with Gasteiger partial charge in [-0.2, -0.15) is 4.37 Å². The van der Waals surface area contributed by atoms with E-state index in [9.17, 15) is 4.79 Å². The summed E-state index contributed by atoms with van der Waals surface area (Å²) in [5.41, 5.74) is 6.16. The molecule has 0 aliphatic carbocycles. The molecule has 1 unspecified atom stereocenters. The van der Waals surface area contributed by atoms with Crippen LogP contribution in [0.1, 0.15) is 36.5 Å². The molecule has 1 aliphatic heterocycles. The first-order chi connectivity index (χ1) is 8.15. The van der Waals surface area contributed by atoms with Crippen molar-refractivity contribution in [1.82, 2.24) is 4.37 Å². The lowest BCUT2D eigenvalue weighted by Crippen LogP contribution is -2.37. The molecule has 17 heavy (non-hydrogen) atoms. The van der Waals surface area contributed by atoms with Crippen molar-refractivity contribution >= 4 is 28.3 Å². The maximum absolute atomic E-state index is 11.7. The fraction of sp³-hybridized carbons (Fsp3) is 0.636. The highest BCUT2D eigenvalue weighted by Gasteiger charge is 2.28. The number of nitrogen functional groups attached to an aromatic ring is 1. The second-order valence-electron chi connectivity index (χ2n) is 4.28. The molecule has 2 N–H and O–H groups in total. The minimum Gasteiger partial charge on any atom is -0.465 e. The van der Waals surface area contributed by atoms with Crippen LogP contribution in [0.15, 0.2) is 0 Å². The Morgan fingerprint density at radius 3 is 3.00 bits per heavy atom. The van der Waals surface area contributed by atoms with E-state index in [1.54, 1.807) is 0 Å². The fourth-order valence-corrected chi connectivity index (χ4v) is 3.11. The Morgan fingerprint density at radius 2 is 2.35 bits per heavy atom. The Bertz CT molecular complexity index is 419. The smallest absolute Gasteiger partial charge is 0.344 e. The summed E-state index contributed by atoms with van der Waals surface area (Å²) in [6.07, 6.45) is 3.51. The van der Waals surface area contributed by atoms with Gasteiger partial charge < -0.3 is 15.4 Å². The number of nitrogens with zero attached hydrogens (tertiary/aromatic N) is 2. The van der Waals surface area contributed by atoms with Crippen LogP contribution in [0.3, 0.4) is 0 Å². The van der Waals surface area contributed by atoms with Crippen LogP contribution in [-0.2, 0) is 4.74 Å². The van der Waals surface area contributed by atoms with E-state index >= 15 is 0 Å². The average molecular weight is 255 g/mol. The van der Waals surface area contributed by atoms with E-state index < -0.39 is 5.97 Å². The number of piperidine rings is 1. The van der Waals surface area contributed by atoms with Gasteiger partial charge >= 0.3 is 5.97 Å². The van der Waals surface area contributed by atoms with Crippen molar-refractivity contribution in [3.05, 3.63) is 5.56 Å². The molecule has 1 fully saturated rings. The number of rotatable bonds is 2. The molecule has 1 saturated heterocycles. The maximum atomic E-state index is 11.7. The number of hydrogen-bond acceptors (Lipinski definition) is 6. The number of aromatic nitrogens is 1. The third kappa shape index (κ3) is 2.22. The van der Waals surface area contributed by atoms with E-state index in [4.69, 9.17) is 10.5 Å². The summed E-state index contributed by atoms with van der Waals surface area (Å²) < 4.78 is 8.84. The number of nitrogens with two attached hydrogens (primary N) is 1. The van der Waals surface area contributed by atoms with Gasteiger partial charge in [0.2, 0.25) is 0 Å². The van der Waals surface area contributed by atoms with Crippen molar-refractivity contribution in [2.45, 2.75) is 32.2 Å². The lowest BCUT2D eigenvalue weighted by Gasteiger charge is -2.34. The summed E-state index contributed by atoms with van der Waals surface area (Å²) in [6, 6.07) is 0.423. The van der Waals surface area contributed by atoms with Crippen LogP contribution < -0.4 is 10.6 Å². The molecule has 0 saturated carbocycles. The fourth-order valence-electron chi connectivity index (χ4n) is 2.18. The van der Waals surface area contributed by atoms with Crippen LogP contribution in [-0.4, -0.2) is 30.0 Å². The van der Waals surface area contributed by atoms with Crippen LogP contribution in [0.5, 0.6) is 0 Å². The standard InChI is InChI=1S/C11H17N3O2S/c1-7-5-3-4-6-14(7)10-8(11(15)16-2)9(12)13-17-10/h7H,3-6H2,1-2H3,(H2,12,13). The molecule has 6 heteroatoms. The molecule has 94 valence electrons. The predicted octanol–water partition coefficient (Wildman–Crippen LogP) is 1.89. The van der Waals surface area contributed by atoms with Gasteiger partial charge in [0.15, 0.2) is 5.82 Å². The second-order valence-corrected chi connectivity index (χ2v) is 5.03. The van der Waals surface area contributed by atoms with Crippen molar-refractivity contribution in [1.29, 1.82) is 0 Å². The largest absolute Gasteiger partial charge is 0.465 e. The molecule has 1 aromatic heterocycles. The topological polar surface area (TPSA) is 68.5 Å². The van der Waals surface area contributed by atoms with Gasteiger partial charge in [-0.05, 0) is 37.7 Å². The Balaban J connectivity index is 2.34. The number of esters is 1. The molecule has 2 rings (SSSR count). The van der Waals surface area contributed by atoms with Crippen LogP contribution in [0, 0.1) is 0 Å². The molecule has 5 nitrogen and oxygen atoms in total. The zero-order chi connectivity index (χ0) is 12.4. The highest BCUT2D eigenvalue weighted by molar-refractivity contribution is 7.11. The first kappa shape index (κ1) is 12.2. The first-order valence-corrected chi connectivity index (χ1v) is 6.52. The minimum atomic E-state index is -0.399. The van der Waals surface area contributed by atoms with E-state index in [-0.39, 0.29) is 5.82 Å². The maximum Gasteiger partial charge on any atom is 0.344 e. The van der Waals surface area contributed by atoms with E-state index in [0.29, 0.717) is 11.6 Å². The lowest BCUT2D eigenvalue weighted by atomic mass is 10.0. The third-order valence-corrected chi connectivity index (χ3v) is 4.05. The number of anilines is 2. The molecule has 1 aliphatic rings. The highest BCUT2D eigenvalue weighted by atomic mass is 32.1. The summed E-state index contributed by atoms with van der Waals surface area (Å²) in [4.78, 5) is 13.9. The van der Waals surface area contributed by atoms with Gasteiger partial charge in [-0.3, -0.25) is 0 Å². The molecule has 0 bridgehead atoms. The van der Waals surface area contributed by atoms with Gasteiger partial charge in [-0.15, -0.1) is 0 Å². The molecule has 1 aromatic rings. The Morgan fingerprint density at radius 1 is 1.59 bits per heavy atom. The Labute approximate surface area is 105 Å². The zero-order valence-corrected chi connectivity index (χ0v) is 10.9. The van der Waals surface area contributed by atoms with Crippen molar-refractivity contribution < 1.29 is 9.53 Å². The van der Waals surface area contributed by atoms with E-state index in [1.807, 2.05) is 0 Å². The summed E-state index contributed by atoms with van der Waals surface area (Å²) in [6.45, 7) is 3.11. The average Bonchev–Trinajstić information content (AvgIpc) is 2.71. The van der Waals surface area contributed by atoms with Gasteiger partial charge in [0.1, 0.15) is 10.6 Å². The van der Waals surface area contributed by atoms with Crippen molar-refractivity contribution in [3.8, 4) is 0 Å². The van der Waals surface area contributed by atoms with Crippen LogP contribution in [0.4, 0.5) is 10.8 Å². The Kier molecular flexibility index (Phi) is 3.51. The summed E-state index contributed by atoms with van der Waals surface area (Å²) in [5, 5.41) is 0.849. The number of carbonyl (C=O) groups is 1.